The third-order valence-electron chi connectivity index (χ3n) is 3.31. The van der Waals surface area contributed by atoms with E-state index < -0.39 is 0 Å². The van der Waals surface area contributed by atoms with Gasteiger partial charge in [-0.1, -0.05) is 29.8 Å². The Morgan fingerprint density at radius 1 is 1.44 bits per heavy atom. The van der Waals surface area contributed by atoms with Crippen LogP contribution >= 0.6 is 0 Å². The van der Waals surface area contributed by atoms with Crippen LogP contribution in [-0.2, 0) is 11.2 Å². The van der Waals surface area contributed by atoms with Crippen molar-refractivity contribution in [1.29, 1.82) is 5.26 Å². The van der Waals surface area contributed by atoms with E-state index in [9.17, 15) is 4.79 Å². The topological polar surface area (TPSA) is 52.9 Å². The van der Waals surface area contributed by atoms with Crippen LogP contribution in [-0.4, -0.2) is 11.9 Å². The van der Waals surface area contributed by atoms with E-state index in [1.807, 2.05) is 19.1 Å². The van der Waals surface area contributed by atoms with Gasteiger partial charge in [-0.2, -0.15) is 5.26 Å². The van der Waals surface area contributed by atoms with E-state index in [-0.39, 0.29) is 11.9 Å². The van der Waals surface area contributed by atoms with Gasteiger partial charge in [0.1, 0.15) is 6.04 Å². The largest absolute Gasteiger partial charge is 0.340 e. The molecule has 0 aliphatic heterocycles. The Morgan fingerprint density at radius 3 is 2.67 bits per heavy atom. The fourth-order valence-corrected chi connectivity index (χ4v) is 1.94. The summed E-state index contributed by atoms with van der Waals surface area (Å²) in [6.45, 7) is 2.05. The van der Waals surface area contributed by atoms with Crippen molar-refractivity contribution in [3.63, 3.8) is 0 Å². The number of benzene rings is 1. The fraction of sp³-hybridized carbons (Fsp3) is 0.467. The van der Waals surface area contributed by atoms with Gasteiger partial charge in [-0.3, -0.25) is 4.79 Å². The zero-order valence-electron chi connectivity index (χ0n) is 10.6. The lowest BCUT2D eigenvalue weighted by Gasteiger charge is -2.10. The van der Waals surface area contributed by atoms with Crippen LogP contribution in [0.4, 0.5) is 0 Å². The van der Waals surface area contributed by atoms with E-state index in [0.29, 0.717) is 12.3 Å². The van der Waals surface area contributed by atoms with Crippen LogP contribution < -0.4 is 5.32 Å². The van der Waals surface area contributed by atoms with Gasteiger partial charge in [0.2, 0.25) is 5.91 Å². The molecule has 1 fully saturated rings. The molecule has 1 atom stereocenters. The highest BCUT2D eigenvalue weighted by Crippen LogP contribution is 2.32. The zero-order chi connectivity index (χ0) is 13.0. The highest BCUT2D eigenvalue weighted by atomic mass is 16.1. The first-order valence-electron chi connectivity index (χ1n) is 6.43. The van der Waals surface area contributed by atoms with E-state index in [4.69, 9.17) is 5.26 Å². The molecule has 1 aromatic rings. The van der Waals surface area contributed by atoms with Crippen LogP contribution in [0.25, 0.3) is 0 Å². The monoisotopic (exact) mass is 242 g/mol. The molecule has 0 saturated heterocycles. The maximum Gasteiger partial charge on any atom is 0.221 e. The molecule has 0 radical (unpaired) electrons. The van der Waals surface area contributed by atoms with Crippen molar-refractivity contribution in [2.24, 2.45) is 5.92 Å². The van der Waals surface area contributed by atoms with Crippen molar-refractivity contribution >= 4 is 5.91 Å². The molecule has 1 aliphatic rings. The maximum atomic E-state index is 11.7. The molecular formula is C15H18N2O. The molecule has 1 unspecified atom stereocenters. The lowest BCUT2D eigenvalue weighted by Crippen LogP contribution is -2.35. The fourth-order valence-electron chi connectivity index (χ4n) is 1.94. The van der Waals surface area contributed by atoms with E-state index >= 15 is 0 Å². The third-order valence-corrected chi connectivity index (χ3v) is 3.31. The highest BCUT2D eigenvalue weighted by molar-refractivity contribution is 5.77. The van der Waals surface area contributed by atoms with Gasteiger partial charge in [0.25, 0.3) is 0 Å². The molecular weight excluding hydrogens is 224 g/mol. The second-order valence-electron chi connectivity index (χ2n) is 5.00. The molecule has 18 heavy (non-hydrogen) atoms. The normalized spacial score (nSPS) is 15.8. The zero-order valence-corrected chi connectivity index (χ0v) is 10.6. The lowest BCUT2D eigenvalue weighted by molar-refractivity contribution is -0.121. The summed E-state index contributed by atoms with van der Waals surface area (Å²) in [4.78, 5) is 11.7. The smallest absolute Gasteiger partial charge is 0.221 e. The Hall–Kier alpha value is -1.82. The number of nitriles is 1. The van der Waals surface area contributed by atoms with Crippen molar-refractivity contribution in [1.82, 2.24) is 5.32 Å². The molecule has 1 amide bonds. The first-order valence-corrected chi connectivity index (χ1v) is 6.43. The summed E-state index contributed by atoms with van der Waals surface area (Å²) in [6, 6.07) is 10.1. The molecule has 1 aliphatic carbocycles. The molecule has 1 N–H and O–H groups in total. The van der Waals surface area contributed by atoms with E-state index in [0.717, 1.165) is 24.8 Å². The molecule has 3 nitrogen and oxygen atoms in total. The number of carbonyl (C=O) groups is 1. The van der Waals surface area contributed by atoms with E-state index in [1.54, 1.807) is 0 Å². The van der Waals surface area contributed by atoms with Gasteiger partial charge in [0.15, 0.2) is 0 Å². The minimum atomic E-state index is -0.282. The lowest BCUT2D eigenvalue weighted by atomic mass is 10.1. The molecule has 0 bridgehead atoms. The molecule has 0 spiro atoms. The highest BCUT2D eigenvalue weighted by Gasteiger charge is 2.32. The predicted molar refractivity (Wildman–Crippen MR) is 69.8 cm³/mol. The number of nitrogens with zero attached hydrogens (tertiary/aromatic N) is 1. The van der Waals surface area contributed by atoms with Crippen molar-refractivity contribution in [3.05, 3.63) is 35.4 Å². The second kappa shape index (κ2) is 5.68. The summed E-state index contributed by atoms with van der Waals surface area (Å²) in [5, 5.41) is 11.7. The second-order valence-corrected chi connectivity index (χ2v) is 5.00. The summed E-state index contributed by atoms with van der Waals surface area (Å²) < 4.78 is 0. The quantitative estimate of drug-likeness (QED) is 0.861. The van der Waals surface area contributed by atoms with Crippen LogP contribution in [0.3, 0.4) is 0 Å². The molecule has 2 rings (SSSR count). The maximum absolute atomic E-state index is 11.7. The predicted octanol–water partition coefficient (Wildman–Crippen LogP) is 2.35. The number of rotatable bonds is 5. The Labute approximate surface area is 108 Å². The van der Waals surface area contributed by atoms with E-state index in [1.165, 1.54) is 5.56 Å². The number of hydrogen-bond donors (Lipinski definition) is 1. The molecule has 94 valence electrons. The molecule has 1 saturated carbocycles. The summed E-state index contributed by atoms with van der Waals surface area (Å²) >= 11 is 0. The molecule has 0 heterocycles. The van der Waals surface area contributed by atoms with Crippen LogP contribution in [0.5, 0.6) is 0 Å². The van der Waals surface area contributed by atoms with Gasteiger partial charge in [-0.25, -0.2) is 0 Å². The van der Waals surface area contributed by atoms with Crippen molar-refractivity contribution in [2.75, 3.05) is 0 Å². The van der Waals surface area contributed by atoms with Crippen LogP contribution in [0.1, 0.15) is 30.4 Å². The number of nitrogens with one attached hydrogen (secondary N) is 1. The van der Waals surface area contributed by atoms with Gasteiger partial charge >= 0.3 is 0 Å². The van der Waals surface area contributed by atoms with Crippen molar-refractivity contribution in [3.8, 4) is 6.07 Å². The number of hydrogen-bond acceptors (Lipinski definition) is 2. The Bertz CT molecular complexity index is 454. The van der Waals surface area contributed by atoms with Gasteiger partial charge in [0, 0.05) is 6.42 Å². The van der Waals surface area contributed by atoms with Crippen LogP contribution in [0, 0.1) is 24.2 Å². The Morgan fingerprint density at radius 2 is 2.11 bits per heavy atom. The molecule has 1 aromatic carbocycles. The summed E-state index contributed by atoms with van der Waals surface area (Å²) in [5.41, 5.74) is 2.39. The van der Waals surface area contributed by atoms with Crippen LogP contribution in [0.15, 0.2) is 24.3 Å². The van der Waals surface area contributed by atoms with Gasteiger partial charge in [-0.15, -0.1) is 0 Å². The average molecular weight is 242 g/mol. The first-order chi connectivity index (χ1) is 8.69. The van der Waals surface area contributed by atoms with Gasteiger partial charge in [0.05, 0.1) is 6.07 Å². The van der Waals surface area contributed by atoms with Crippen LogP contribution in [0.2, 0.25) is 0 Å². The standard InChI is InChI=1S/C15H18N2O/c1-11-2-4-12(5-3-11)6-9-15(18)17-14(10-16)13-7-8-13/h2-5,13-14H,6-9H2,1H3,(H,17,18). The Balaban J connectivity index is 1.77. The summed E-state index contributed by atoms with van der Waals surface area (Å²) in [7, 11) is 0. The first kappa shape index (κ1) is 12.6. The third kappa shape index (κ3) is 3.59. The molecule has 3 heteroatoms. The van der Waals surface area contributed by atoms with E-state index in [2.05, 4.69) is 23.5 Å². The SMILES string of the molecule is Cc1ccc(CCC(=O)NC(C#N)C2CC2)cc1. The summed E-state index contributed by atoms with van der Waals surface area (Å²) in [5.74, 6) is 0.368. The van der Waals surface area contributed by atoms with Crippen molar-refractivity contribution in [2.45, 2.75) is 38.6 Å². The minimum Gasteiger partial charge on any atom is -0.340 e. The number of amides is 1. The number of aryl methyl sites for hydroxylation is 2. The minimum absolute atomic E-state index is 0.0194. The average Bonchev–Trinajstić information content (AvgIpc) is 3.19. The van der Waals surface area contributed by atoms with Crippen molar-refractivity contribution < 1.29 is 4.79 Å². The summed E-state index contributed by atoms with van der Waals surface area (Å²) in [6.07, 6.45) is 3.32. The van der Waals surface area contributed by atoms with Gasteiger partial charge in [-0.05, 0) is 37.7 Å². The Kier molecular flexibility index (Phi) is 3.99. The molecule has 0 aromatic heterocycles. The van der Waals surface area contributed by atoms with Gasteiger partial charge < -0.3 is 5.32 Å². The number of carbonyl (C=O) groups excluding carboxylic acids is 1.